The monoisotopic (exact) mass is 378 g/mol. The lowest BCUT2D eigenvalue weighted by Crippen LogP contribution is -2.13. The number of anilines is 1. The highest BCUT2D eigenvalue weighted by Crippen LogP contribution is 2.23. The molecule has 1 heterocycles. The molecule has 0 aliphatic heterocycles. The van der Waals surface area contributed by atoms with Crippen LogP contribution < -0.4 is 14.8 Å². The van der Waals surface area contributed by atoms with E-state index < -0.39 is 12.1 Å². The number of nitrogens with one attached hydrogen (secondary N) is 1. The van der Waals surface area contributed by atoms with Crippen molar-refractivity contribution in [3.63, 3.8) is 0 Å². The normalized spacial score (nSPS) is 10.1. The lowest BCUT2D eigenvalue weighted by molar-refractivity contribution is 0.102. The Kier molecular flexibility index (Phi) is 7.23. The lowest BCUT2D eigenvalue weighted by Gasteiger charge is -2.09. The number of rotatable bonds is 7. The summed E-state index contributed by atoms with van der Waals surface area (Å²) in [5.74, 6) is 0.206. The number of halogens is 1. The van der Waals surface area contributed by atoms with Crippen LogP contribution in [0, 0.1) is 0 Å². The standard InChI is InChI=1S/C18H19ClN2O5/c1-3-4-9-25-14-7-5-13(6-8-14)21-16(22)12-10-15(19)17(20-11-12)26-18(23)24-2/h5-8,10-11H,3-4,9H2,1-2H3,(H,21,22). The molecule has 7 nitrogen and oxygen atoms in total. The van der Waals surface area contributed by atoms with Gasteiger partial charge in [-0.25, -0.2) is 9.78 Å². The number of nitrogens with zero attached hydrogens (tertiary/aromatic N) is 1. The molecule has 0 atom stereocenters. The predicted octanol–water partition coefficient (Wildman–Crippen LogP) is 4.31. The van der Waals surface area contributed by atoms with Crippen molar-refractivity contribution < 1.29 is 23.8 Å². The van der Waals surface area contributed by atoms with Gasteiger partial charge in [-0.3, -0.25) is 4.79 Å². The van der Waals surface area contributed by atoms with Gasteiger partial charge >= 0.3 is 6.16 Å². The van der Waals surface area contributed by atoms with Gasteiger partial charge in [0, 0.05) is 11.9 Å². The Morgan fingerprint density at radius 2 is 1.96 bits per heavy atom. The Labute approximate surface area is 156 Å². The minimum absolute atomic E-state index is 0.0164. The van der Waals surface area contributed by atoms with E-state index in [4.69, 9.17) is 21.1 Å². The average Bonchev–Trinajstić information content (AvgIpc) is 2.64. The second-order valence-corrected chi connectivity index (χ2v) is 5.65. The van der Waals surface area contributed by atoms with Gasteiger partial charge in [-0.2, -0.15) is 0 Å². The predicted molar refractivity (Wildman–Crippen MR) is 97.1 cm³/mol. The smallest absolute Gasteiger partial charge is 0.494 e. The van der Waals surface area contributed by atoms with Crippen LogP contribution in [0.1, 0.15) is 30.1 Å². The van der Waals surface area contributed by atoms with E-state index in [1.807, 2.05) is 0 Å². The van der Waals surface area contributed by atoms with E-state index in [1.54, 1.807) is 24.3 Å². The molecule has 1 aromatic carbocycles. The number of carbonyl (C=O) groups is 2. The van der Waals surface area contributed by atoms with E-state index in [0.717, 1.165) is 25.7 Å². The quantitative estimate of drug-likeness (QED) is 0.570. The van der Waals surface area contributed by atoms with Gasteiger partial charge in [0.15, 0.2) is 0 Å². The van der Waals surface area contributed by atoms with E-state index in [0.29, 0.717) is 12.3 Å². The van der Waals surface area contributed by atoms with Gasteiger partial charge in [-0.05, 0) is 36.8 Å². The number of carbonyl (C=O) groups excluding carboxylic acids is 2. The lowest BCUT2D eigenvalue weighted by atomic mass is 10.2. The van der Waals surface area contributed by atoms with Crippen LogP contribution in [0.25, 0.3) is 0 Å². The molecule has 0 saturated carbocycles. The molecule has 8 heteroatoms. The SMILES string of the molecule is CCCCOc1ccc(NC(=O)c2cnc(OC(=O)OC)c(Cl)c2)cc1. The summed E-state index contributed by atoms with van der Waals surface area (Å²) in [5.41, 5.74) is 0.819. The van der Waals surface area contributed by atoms with Crippen LogP contribution in [0.4, 0.5) is 10.5 Å². The maximum Gasteiger partial charge on any atom is 0.514 e. The zero-order valence-electron chi connectivity index (χ0n) is 14.5. The van der Waals surface area contributed by atoms with Crippen molar-refractivity contribution in [1.82, 2.24) is 4.98 Å². The summed E-state index contributed by atoms with van der Waals surface area (Å²) in [4.78, 5) is 27.2. The second-order valence-electron chi connectivity index (χ2n) is 5.25. The van der Waals surface area contributed by atoms with Crippen LogP contribution in [0.15, 0.2) is 36.5 Å². The molecule has 2 rings (SSSR count). The first kappa shape index (κ1) is 19.5. The number of unbranched alkanes of at least 4 members (excludes halogenated alkanes) is 1. The fourth-order valence-electron chi connectivity index (χ4n) is 1.92. The highest BCUT2D eigenvalue weighted by Gasteiger charge is 2.14. The Morgan fingerprint density at radius 3 is 2.58 bits per heavy atom. The Balaban J connectivity index is 1.98. The minimum atomic E-state index is -0.946. The Morgan fingerprint density at radius 1 is 1.23 bits per heavy atom. The largest absolute Gasteiger partial charge is 0.514 e. The number of amides is 1. The zero-order valence-corrected chi connectivity index (χ0v) is 15.2. The van der Waals surface area contributed by atoms with E-state index in [9.17, 15) is 9.59 Å². The number of methoxy groups -OCH3 is 1. The van der Waals surface area contributed by atoms with Crippen molar-refractivity contribution in [3.05, 3.63) is 47.1 Å². The molecule has 0 radical (unpaired) electrons. The Hall–Kier alpha value is -2.80. The van der Waals surface area contributed by atoms with Gasteiger partial charge in [0.25, 0.3) is 5.91 Å². The molecule has 0 aliphatic rings. The van der Waals surface area contributed by atoms with Gasteiger partial charge in [0.05, 0.1) is 19.3 Å². The Bertz CT molecular complexity index is 765. The summed E-state index contributed by atoms with van der Waals surface area (Å²) in [5, 5.41) is 2.74. The second kappa shape index (κ2) is 9.62. The molecule has 1 N–H and O–H groups in total. The number of pyridine rings is 1. The molecular formula is C18H19ClN2O5. The summed E-state index contributed by atoms with van der Waals surface area (Å²) in [7, 11) is 1.16. The molecule has 0 spiro atoms. The topological polar surface area (TPSA) is 86.8 Å². The molecule has 0 saturated heterocycles. The minimum Gasteiger partial charge on any atom is -0.494 e. The van der Waals surface area contributed by atoms with Crippen molar-refractivity contribution in [2.75, 3.05) is 19.0 Å². The molecule has 1 amide bonds. The fourth-order valence-corrected chi connectivity index (χ4v) is 2.12. The van der Waals surface area contributed by atoms with Crippen LogP contribution in [0.3, 0.4) is 0 Å². The number of benzene rings is 1. The number of aromatic nitrogens is 1. The molecule has 2 aromatic rings. The maximum absolute atomic E-state index is 12.3. The van der Waals surface area contributed by atoms with Crippen molar-refractivity contribution in [1.29, 1.82) is 0 Å². The molecule has 0 fully saturated rings. The fraction of sp³-hybridized carbons (Fsp3) is 0.278. The summed E-state index contributed by atoms with van der Waals surface area (Å²) >= 11 is 5.97. The molecular weight excluding hydrogens is 360 g/mol. The van der Waals surface area contributed by atoms with Crippen molar-refractivity contribution in [2.45, 2.75) is 19.8 Å². The van der Waals surface area contributed by atoms with Crippen LogP contribution in [0.2, 0.25) is 5.02 Å². The molecule has 0 bridgehead atoms. The first-order valence-electron chi connectivity index (χ1n) is 7.99. The van der Waals surface area contributed by atoms with Crippen LogP contribution in [-0.2, 0) is 4.74 Å². The van der Waals surface area contributed by atoms with Gasteiger partial charge < -0.3 is 19.5 Å². The third-order valence-electron chi connectivity index (χ3n) is 3.30. The third-order valence-corrected chi connectivity index (χ3v) is 3.57. The molecule has 0 unspecified atom stereocenters. The van der Waals surface area contributed by atoms with E-state index in [2.05, 4.69) is 22.0 Å². The zero-order chi connectivity index (χ0) is 18.9. The molecule has 138 valence electrons. The highest BCUT2D eigenvalue weighted by molar-refractivity contribution is 6.32. The van der Waals surface area contributed by atoms with Gasteiger partial charge in [-0.1, -0.05) is 24.9 Å². The van der Waals surface area contributed by atoms with E-state index >= 15 is 0 Å². The van der Waals surface area contributed by atoms with E-state index in [1.165, 1.54) is 12.3 Å². The van der Waals surface area contributed by atoms with Crippen molar-refractivity contribution >= 4 is 29.4 Å². The molecule has 0 aliphatic carbocycles. The number of hydrogen-bond acceptors (Lipinski definition) is 6. The first-order chi connectivity index (χ1) is 12.5. The highest BCUT2D eigenvalue weighted by atomic mass is 35.5. The van der Waals surface area contributed by atoms with Crippen LogP contribution >= 0.6 is 11.6 Å². The molecule has 1 aromatic heterocycles. The van der Waals surface area contributed by atoms with Crippen molar-refractivity contribution in [3.8, 4) is 11.6 Å². The van der Waals surface area contributed by atoms with Crippen LogP contribution in [0.5, 0.6) is 11.6 Å². The maximum atomic E-state index is 12.3. The summed E-state index contributed by atoms with van der Waals surface area (Å²) in [6.07, 6.45) is 2.36. The molecule has 26 heavy (non-hydrogen) atoms. The average molecular weight is 379 g/mol. The third kappa shape index (κ3) is 5.63. The van der Waals surface area contributed by atoms with E-state index in [-0.39, 0.29) is 16.5 Å². The summed E-state index contributed by atoms with van der Waals surface area (Å²) in [6, 6.07) is 8.39. The van der Waals surface area contributed by atoms with Gasteiger partial charge in [-0.15, -0.1) is 0 Å². The summed E-state index contributed by atoms with van der Waals surface area (Å²) < 4.78 is 14.7. The van der Waals surface area contributed by atoms with Gasteiger partial charge in [0.2, 0.25) is 5.88 Å². The number of ether oxygens (including phenoxy) is 3. The van der Waals surface area contributed by atoms with Gasteiger partial charge in [0.1, 0.15) is 10.8 Å². The first-order valence-corrected chi connectivity index (χ1v) is 8.36. The van der Waals surface area contributed by atoms with Crippen LogP contribution in [-0.4, -0.2) is 30.8 Å². The van der Waals surface area contributed by atoms with Crippen molar-refractivity contribution in [2.24, 2.45) is 0 Å². The number of hydrogen-bond donors (Lipinski definition) is 1. The summed E-state index contributed by atoms with van der Waals surface area (Å²) in [6.45, 7) is 2.75.